The van der Waals surface area contributed by atoms with E-state index in [1.54, 1.807) is 0 Å². The van der Waals surface area contributed by atoms with E-state index in [9.17, 15) is 4.79 Å². The predicted octanol–water partition coefficient (Wildman–Crippen LogP) is 7.33. The average molecular weight is 503 g/mol. The standard InChI is InChI=1S/C34H22N4O/c39-31-27-18-7-9-20-29(27)38(30-21-10-8-19-28(30)31)26-17-11-16-25(22-26)34-36-32(23-12-3-1-4-13-23)35-33(37-34)24-14-5-2-6-15-24/h1-22H. The highest BCUT2D eigenvalue weighted by Crippen LogP contribution is 2.28. The Labute approximate surface area is 224 Å². The lowest BCUT2D eigenvalue weighted by molar-refractivity contribution is 1.07. The molecule has 0 aliphatic rings. The monoisotopic (exact) mass is 502 g/mol. The second kappa shape index (κ2) is 9.47. The molecule has 0 aliphatic carbocycles. The highest BCUT2D eigenvalue weighted by Gasteiger charge is 2.15. The molecule has 0 amide bonds. The van der Waals surface area contributed by atoms with Crippen molar-refractivity contribution < 1.29 is 0 Å². The lowest BCUT2D eigenvalue weighted by atomic mass is 10.1. The molecule has 7 aromatic rings. The van der Waals surface area contributed by atoms with E-state index in [4.69, 9.17) is 15.0 Å². The summed E-state index contributed by atoms with van der Waals surface area (Å²) in [4.78, 5) is 27.9. The topological polar surface area (TPSA) is 60.7 Å². The van der Waals surface area contributed by atoms with Crippen LogP contribution in [0, 0.1) is 0 Å². The molecule has 0 unspecified atom stereocenters. The van der Waals surface area contributed by atoms with E-state index in [1.165, 1.54) is 0 Å². The zero-order chi connectivity index (χ0) is 26.2. The summed E-state index contributed by atoms with van der Waals surface area (Å²) < 4.78 is 2.13. The van der Waals surface area contributed by atoms with E-state index in [2.05, 4.69) is 10.6 Å². The second-order valence-corrected chi connectivity index (χ2v) is 9.29. The Bertz CT molecular complexity index is 1920. The number of nitrogens with zero attached hydrogens (tertiary/aromatic N) is 4. The number of pyridine rings is 1. The third-order valence-corrected chi connectivity index (χ3v) is 6.84. The molecular weight excluding hydrogens is 480 g/mol. The molecule has 0 radical (unpaired) electrons. The summed E-state index contributed by atoms with van der Waals surface area (Å²) in [5.41, 5.74) is 5.36. The second-order valence-electron chi connectivity index (χ2n) is 9.29. The molecule has 0 saturated heterocycles. The Morgan fingerprint density at radius 2 is 0.872 bits per heavy atom. The Kier molecular flexibility index (Phi) is 5.52. The molecule has 0 N–H and O–H groups in total. The van der Waals surface area contributed by atoms with Crippen LogP contribution in [0.5, 0.6) is 0 Å². The molecule has 5 aromatic carbocycles. The molecule has 0 aliphatic heterocycles. The van der Waals surface area contributed by atoms with Crippen molar-refractivity contribution in [2.24, 2.45) is 0 Å². The Hall–Kier alpha value is -5.42. The quantitative estimate of drug-likeness (QED) is 0.236. The number of hydrogen-bond donors (Lipinski definition) is 0. The van der Waals surface area contributed by atoms with Crippen molar-refractivity contribution in [3.05, 3.63) is 144 Å². The number of benzene rings is 5. The van der Waals surface area contributed by atoms with Crippen molar-refractivity contribution in [1.82, 2.24) is 19.5 Å². The van der Waals surface area contributed by atoms with Crippen molar-refractivity contribution in [1.29, 1.82) is 0 Å². The van der Waals surface area contributed by atoms with Crippen molar-refractivity contribution in [2.45, 2.75) is 0 Å². The van der Waals surface area contributed by atoms with Crippen molar-refractivity contribution in [2.75, 3.05) is 0 Å². The van der Waals surface area contributed by atoms with Gasteiger partial charge in [-0.25, -0.2) is 15.0 Å². The van der Waals surface area contributed by atoms with Gasteiger partial charge in [-0.05, 0) is 36.4 Å². The van der Waals surface area contributed by atoms with Crippen molar-refractivity contribution in [3.8, 4) is 39.9 Å². The van der Waals surface area contributed by atoms with Gasteiger partial charge in [0.15, 0.2) is 22.9 Å². The lowest BCUT2D eigenvalue weighted by Crippen LogP contribution is -2.10. The normalized spacial score (nSPS) is 11.2. The van der Waals surface area contributed by atoms with Crippen LogP contribution in [0.15, 0.2) is 138 Å². The van der Waals surface area contributed by atoms with Crippen LogP contribution >= 0.6 is 0 Å². The number of rotatable bonds is 4. The minimum Gasteiger partial charge on any atom is -0.309 e. The van der Waals surface area contributed by atoms with Gasteiger partial charge in [-0.3, -0.25) is 4.79 Å². The summed E-state index contributed by atoms with van der Waals surface area (Å²) in [5.74, 6) is 1.81. The molecular formula is C34H22N4O. The SMILES string of the molecule is O=c1c2ccccc2n(-c2cccc(-c3nc(-c4ccccc4)nc(-c4ccccc4)n3)c2)c2ccccc12. The van der Waals surface area contributed by atoms with Crippen LogP contribution in [0.25, 0.3) is 61.7 Å². The summed E-state index contributed by atoms with van der Waals surface area (Å²) in [6, 6.07) is 43.5. The zero-order valence-electron chi connectivity index (χ0n) is 20.9. The van der Waals surface area contributed by atoms with Crippen molar-refractivity contribution in [3.63, 3.8) is 0 Å². The van der Waals surface area contributed by atoms with Crippen molar-refractivity contribution >= 4 is 21.8 Å². The first-order valence-corrected chi connectivity index (χ1v) is 12.8. The third-order valence-electron chi connectivity index (χ3n) is 6.84. The van der Waals surface area contributed by atoms with Gasteiger partial charge in [-0.15, -0.1) is 0 Å². The number of aromatic nitrogens is 4. The van der Waals surface area contributed by atoms with Gasteiger partial charge in [0.1, 0.15) is 0 Å². The molecule has 0 saturated carbocycles. The van der Waals surface area contributed by atoms with E-state index in [1.807, 2.05) is 127 Å². The average Bonchev–Trinajstić information content (AvgIpc) is 3.02. The fourth-order valence-electron chi connectivity index (χ4n) is 5.00. The molecule has 39 heavy (non-hydrogen) atoms. The van der Waals surface area contributed by atoms with Crippen LogP contribution < -0.4 is 5.43 Å². The lowest BCUT2D eigenvalue weighted by Gasteiger charge is -2.16. The van der Waals surface area contributed by atoms with Crippen LogP contribution in [-0.2, 0) is 0 Å². The molecule has 5 nitrogen and oxygen atoms in total. The molecule has 184 valence electrons. The fourth-order valence-corrected chi connectivity index (χ4v) is 5.00. The van der Waals surface area contributed by atoms with E-state index in [-0.39, 0.29) is 5.43 Å². The highest BCUT2D eigenvalue weighted by molar-refractivity contribution is 5.95. The van der Waals surface area contributed by atoms with Crippen LogP contribution in [0.4, 0.5) is 0 Å². The zero-order valence-corrected chi connectivity index (χ0v) is 20.9. The maximum absolute atomic E-state index is 13.3. The van der Waals surface area contributed by atoms with E-state index >= 15 is 0 Å². The van der Waals surface area contributed by atoms with Gasteiger partial charge in [-0.1, -0.05) is 97.1 Å². The predicted molar refractivity (Wildman–Crippen MR) is 157 cm³/mol. The summed E-state index contributed by atoms with van der Waals surface area (Å²) in [6.07, 6.45) is 0. The van der Waals surface area contributed by atoms with E-state index in [0.29, 0.717) is 28.2 Å². The van der Waals surface area contributed by atoms with Gasteiger partial charge in [-0.2, -0.15) is 0 Å². The van der Waals surface area contributed by atoms with Crippen LogP contribution in [0.1, 0.15) is 0 Å². The molecule has 5 heteroatoms. The van der Waals surface area contributed by atoms with E-state index in [0.717, 1.165) is 33.4 Å². The first-order chi connectivity index (χ1) is 19.3. The Morgan fingerprint density at radius 1 is 0.436 bits per heavy atom. The maximum Gasteiger partial charge on any atom is 0.197 e. The van der Waals surface area contributed by atoms with Crippen LogP contribution in [-0.4, -0.2) is 19.5 Å². The maximum atomic E-state index is 13.3. The molecule has 7 rings (SSSR count). The smallest absolute Gasteiger partial charge is 0.197 e. The number of fused-ring (bicyclic) bond motifs is 2. The van der Waals surface area contributed by atoms with Crippen LogP contribution in [0.2, 0.25) is 0 Å². The fraction of sp³-hybridized carbons (Fsp3) is 0. The molecule has 0 bridgehead atoms. The first kappa shape index (κ1) is 22.8. The summed E-state index contributed by atoms with van der Waals surface area (Å²) in [7, 11) is 0. The van der Waals surface area contributed by atoms with Gasteiger partial charge in [0.25, 0.3) is 0 Å². The first-order valence-electron chi connectivity index (χ1n) is 12.8. The summed E-state index contributed by atoms with van der Waals surface area (Å²) in [6.45, 7) is 0. The molecule has 0 atom stereocenters. The van der Waals surface area contributed by atoms with Gasteiger partial charge in [0.05, 0.1) is 11.0 Å². The van der Waals surface area contributed by atoms with Gasteiger partial charge < -0.3 is 4.57 Å². The number of hydrogen-bond acceptors (Lipinski definition) is 4. The van der Waals surface area contributed by atoms with Crippen LogP contribution in [0.3, 0.4) is 0 Å². The number of para-hydroxylation sites is 2. The minimum absolute atomic E-state index is 0.0334. The Balaban J connectivity index is 1.47. The van der Waals surface area contributed by atoms with Gasteiger partial charge in [0.2, 0.25) is 0 Å². The third kappa shape index (κ3) is 4.06. The molecule has 2 heterocycles. The molecule has 2 aromatic heterocycles. The van der Waals surface area contributed by atoms with E-state index < -0.39 is 0 Å². The highest BCUT2D eigenvalue weighted by atomic mass is 16.1. The molecule has 0 spiro atoms. The Morgan fingerprint density at radius 3 is 1.41 bits per heavy atom. The molecule has 0 fully saturated rings. The van der Waals surface area contributed by atoms with Gasteiger partial charge in [0, 0.05) is 33.2 Å². The summed E-state index contributed by atoms with van der Waals surface area (Å²) in [5, 5.41) is 1.36. The minimum atomic E-state index is 0.0334. The van der Waals surface area contributed by atoms with Gasteiger partial charge >= 0.3 is 0 Å². The largest absolute Gasteiger partial charge is 0.309 e. The summed E-state index contributed by atoms with van der Waals surface area (Å²) >= 11 is 0.